The van der Waals surface area contributed by atoms with Crippen molar-refractivity contribution in [1.82, 2.24) is 9.55 Å². The molecule has 2 aromatic rings. The second-order valence-electron chi connectivity index (χ2n) is 3.63. The number of aromatic nitrogens is 2. The molecule has 0 amide bonds. The molecule has 1 aromatic heterocycles. The lowest BCUT2D eigenvalue weighted by Gasteiger charge is -2.06. The summed E-state index contributed by atoms with van der Waals surface area (Å²) in [6.07, 6.45) is 5.01. The van der Waals surface area contributed by atoms with Gasteiger partial charge in [-0.1, -0.05) is 18.1 Å². The van der Waals surface area contributed by atoms with Crippen molar-refractivity contribution >= 4 is 17.0 Å². The van der Waals surface area contributed by atoms with E-state index in [1.165, 1.54) is 0 Å². The van der Waals surface area contributed by atoms with Crippen LogP contribution in [0.1, 0.15) is 5.82 Å². The Morgan fingerprint density at radius 2 is 2.28 bits per heavy atom. The molecule has 5 nitrogen and oxygen atoms in total. The van der Waals surface area contributed by atoms with Gasteiger partial charge in [0.15, 0.2) is 6.61 Å². The van der Waals surface area contributed by atoms with Crippen molar-refractivity contribution in [3.8, 4) is 12.3 Å². The van der Waals surface area contributed by atoms with Crippen LogP contribution in [-0.4, -0.2) is 27.2 Å². The number of terminal acetylenes is 1. The number of esters is 1. The van der Waals surface area contributed by atoms with E-state index < -0.39 is 5.97 Å². The van der Waals surface area contributed by atoms with Gasteiger partial charge in [0.1, 0.15) is 19.0 Å². The van der Waals surface area contributed by atoms with E-state index in [0.717, 1.165) is 11.0 Å². The molecule has 0 saturated carbocycles. The first kappa shape index (κ1) is 12.1. The number of imidazole rings is 1. The predicted octanol–water partition coefficient (Wildman–Crippen LogP) is 0.705. The van der Waals surface area contributed by atoms with Crippen LogP contribution < -0.4 is 0 Å². The van der Waals surface area contributed by atoms with Gasteiger partial charge < -0.3 is 14.4 Å². The number of carbonyl (C=O) groups is 1. The summed E-state index contributed by atoms with van der Waals surface area (Å²) in [5.41, 5.74) is 1.51. The summed E-state index contributed by atoms with van der Waals surface area (Å²) in [5.74, 6) is 2.20. The molecule has 5 heteroatoms. The van der Waals surface area contributed by atoms with Gasteiger partial charge in [-0.2, -0.15) is 0 Å². The number of para-hydroxylation sites is 2. The molecule has 0 aliphatic carbocycles. The first-order valence-corrected chi connectivity index (χ1v) is 5.40. The minimum atomic E-state index is -0.453. The van der Waals surface area contributed by atoms with E-state index in [-0.39, 0.29) is 19.8 Å². The average Bonchev–Trinajstić information content (AvgIpc) is 2.75. The molecule has 0 radical (unpaired) electrons. The highest BCUT2D eigenvalue weighted by Gasteiger charge is 2.13. The average molecular weight is 244 g/mol. The minimum absolute atomic E-state index is 0.0158. The third kappa shape index (κ3) is 2.34. The van der Waals surface area contributed by atoms with Gasteiger partial charge >= 0.3 is 5.97 Å². The zero-order valence-electron chi connectivity index (χ0n) is 9.67. The van der Waals surface area contributed by atoms with Gasteiger partial charge in [-0.15, -0.1) is 6.42 Å². The van der Waals surface area contributed by atoms with Crippen molar-refractivity contribution < 1.29 is 14.6 Å². The number of benzene rings is 1. The maximum absolute atomic E-state index is 11.5. The molecule has 0 aliphatic heterocycles. The Morgan fingerprint density at radius 1 is 1.50 bits per heavy atom. The van der Waals surface area contributed by atoms with Crippen LogP contribution in [0.15, 0.2) is 24.3 Å². The SMILES string of the molecule is C#CCOC(=O)Cn1c(CO)nc2ccccc21. The standard InChI is InChI=1S/C13H12N2O3/c1-2-7-18-13(17)8-15-11-6-4-3-5-10(11)14-12(15)9-16/h1,3-6,16H,7-9H2. The normalized spacial score (nSPS) is 10.2. The Labute approximate surface area is 104 Å². The zero-order valence-corrected chi connectivity index (χ0v) is 9.67. The molecule has 0 fully saturated rings. The number of aliphatic hydroxyl groups is 1. The van der Waals surface area contributed by atoms with E-state index >= 15 is 0 Å². The molecular formula is C13H12N2O3. The third-order valence-corrected chi connectivity index (χ3v) is 2.48. The Bertz CT molecular complexity index is 610. The lowest BCUT2D eigenvalue weighted by atomic mass is 10.3. The van der Waals surface area contributed by atoms with Crippen molar-refractivity contribution in [3.63, 3.8) is 0 Å². The predicted molar refractivity (Wildman–Crippen MR) is 65.4 cm³/mol. The topological polar surface area (TPSA) is 64.3 Å². The Morgan fingerprint density at radius 3 is 3.00 bits per heavy atom. The third-order valence-electron chi connectivity index (χ3n) is 2.48. The van der Waals surface area contributed by atoms with Gasteiger partial charge in [0.05, 0.1) is 11.0 Å². The van der Waals surface area contributed by atoms with Gasteiger partial charge in [0.2, 0.25) is 0 Å². The van der Waals surface area contributed by atoms with Crippen LogP contribution >= 0.6 is 0 Å². The van der Waals surface area contributed by atoms with E-state index in [0.29, 0.717) is 5.82 Å². The van der Waals surface area contributed by atoms with Crippen molar-refractivity contribution in [1.29, 1.82) is 0 Å². The first-order chi connectivity index (χ1) is 8.76. The number of fused-ring (bicyclic) bond motifs is 1. The van der Waals surface area contributed by atoms with E-state index in [2.05, 4.69) is 10.9 Å². The molecule has 0 spiro atoms. The number of nitrogens with zero attached hydrogens (tertiary/aromatic N) is 2. The van der Waals surface area contributed by atoms with Gasteiger partial charge in [-0.05, 0) is 12.1 Å². The fourth-order valence-electron chi connectivity index (χ4n) is 1.72. The van der Waals surface area contributed by atoms with Gasteiger partial charge in [-0.3, -0.25) is 4.79 Å². The molecular weight excluding hydrogens is 232 g/mol. The summed E-state index contributed by atoms with van der Waals surface area (Å²) >= 11 is 0. The molecule has 1 heterocycles. The summed E-state index contributed by atoms with van der Waals surface area (Å²) in [6, 6.07) is 7.33. The quantitative estimate of drug-likeness (QED) is 0.635. The van der Waals surface area contributed by atoms with Crippen LogP contribution in [0.2, 0.25) is 0 Å². The van der Waals surface area contributed by atoms with E-state index in [1.54, 1.807) is 4.57 Å². The summed E-state index contributed by atoms with van der Waals surface area (Å²) < 4.78 is 6.43. The highest BCUT2D eigenvalue weighted by molar-refractivity contribution is 5.78. The van der Waals surface area contributed by atoms with Crippen molar-refractivity contribution in [3.05, 3.63) is 30.1 Å². The summed E-state index contributed by atoms with van der Waals surface area (Å²) in [5, 5.41) is 9.24. The zero-order chi connectivity index (χ0) is 13.0. The summed E-state index contributed by atoms with van der Waals surface area (Å²) in [7, 11) is 0. The molecule has 0 atom stereocenters. The number of rotatable bonds is 4. The molecule has 1 aromatic carbocycles. The van der Waals surface area contributed by atoms with Crippen LogP contribution in [0, 0.1) is 12.3 Å². The van der Waals surface area contributed by atoms with Crippen LogP contribution in [0.3, 0.4) is 0 Å². The lowest BCUT2D eigenvalue weighted by Crippen LogP contribution is -2.15. The number of carbonyl (C=O) groups excluding carboxylic acids is 1. The highest BCUT2D eigenvalue weighted by atomic mass is 16.5. The second kappa shape index (κ2) is 5.34. The number of ether oxygens (including phenoxy) is 1. The van der Waals surface area contributed by atoms with Gasteiger partial charge in [0.25, 0.3) is 0 Å². The van der Waals surface area contributed by atoms with Crippen molar-refractivity contribution in [2.45, 2.75) is 13.2 Å². The van der Waals surface area contributed by atoms with Gasteiger partial charge in [0, 0.05) is 0 Å². The number of aliphatic hydroxyl groups excluding tert-OH is 1. The largest absolute Gasteiger partial charge is 0.451 e. The fourth-order valence-corrected chi connectivity index (χ4v) is 1.72. The maximum Gasteiger partial charge on any atom is 0.326 e. The molecule has 18 heavy (non-hydrogen) atoms. The fraction of sp³-hybridized carbons (Fsp3) is 0.231. The van der Waals surface area contributed by atoms with Crippen LogP contribution in [0.25, 0.3) is 11.0 Å². The van der Waals surface area contributed by atoms with Crippen LogP contribution in [0.4, 0.5) is 0 Å². The minimum Gasteiger partial charge on any atom is -0.451 e. The lowest BCUT2D eigenvalue weighted by molar-refractivity contribution is -0.142. The van der Waals surface area contributed by atoms with Crippen LogP contribution in [-0.2, 0) is 22.7 Å². The monoisotopic (exact) mass is 244 g/mol. The summed E-state index contributed by atoms with van der Waals surface area (Å²) in [4.78, 5) is 15.8. The molecule has 0 unspecified atom stereocenters. The number of hydrogen-bond acceptors (Lipinski definition) is 4. The molecule has 0 aliphatic rings. The van der Waals surface area contributed by atoms with Crippen molar-refractivity contribution in [2.24, 2.45) is 0 Å². The van der Waals surface area contributed by atoms with E-state index in [4.69, 9.17) is 11.2 Å². The Balaban J connectivity index is 2.31. The molecule has 0 bridgehead atoms. The Hall–Kier alpha value is -2.32. The molecule has 1 N–H and O–H groups in total. The molecule has 0 saturated heterocycles. The van der Waals surface area contributed by atoms with Crippen molar-refractivity contribution in [2.75, 3.05) is 6.61 Å². The van der Waals surface area contributed by atoms with E-state index in [9.17, 15) is 9.90 Å². The van der Waals surface area contributed by atoms with Gasteiger partial charge in [-0.25, -0.2) is 4.98 Å². The van der Waals surface area contributed by atoms with Crippen LogP contribution in [0.5, 0.6) is 0 Å². The maximum atomic E-state index is 11.5. The van der Waals surface area contributed by atoms with E-state index in [1.807, 2.05) is 24.3 Å². The first-order valence-electron chi connectivity index (χ1n) is 5.40. The molecule has 2 rings (SSSR count). The number of hydrogen-bond donors (Lipinski definition) is 1. The Kier molecular flexibility index (Phi) is 3.60. The second-order valence-corrected chi connectivity index (χ2v) is 3.63. The highest BCUT2D eigenvalue weighted by Crippen LogP contribution is 2.16. The smallest absolute Gasteiger partial charge is 0.326 e. The summed E-state index contributed by atoms with van der Waals surface area (Å²) in [6.45, 7) is -0.310. The molecule has 92 valence electrons.